The van der Waals surface area contributed by atoms with Crippen molar-refractivity contribution in [3.05, 3.63) is 0 Å². The van der Waals surface area contributed by atoms with Gasteiger partial charge in [0.2, 0.25) is 0 Å². The highest BCUT2D eigenvalue weighted by Crippen LogP contribution is 2.16. The lowest BCUT2D eigenvalue weighted by atomic mass is 9.91. The fourth-order valence-electron chi connectivity index (χ4n) is 1.49. The molecule has 0 radical (unpaired) electrons. The molecule has 1 unspecified atom stereocenters. The summed E-state index contributed by atoms with van der Waals surface area (Å²) in [6.07, 6.45) is 0.752. The van der Waals surface area contributed by atoms with Crippen LogP contribution < -0.4 is 11.1 Å². The van der Waals surface area contributed by atoms with Gasteiger partial charge in [-0.3, -0.25) is 10.8 Å². The van der Waals surface area contributed by atoms with Crippen LogP contribution >= 0.6 is 0 Å². The van der Waals surface area contributed by atoms with Gasteiger partial charge >= 0.3 is 5.97 Å². The monoisotopic (exact) mass is 229 g/mol. The van der Waals surface area contributed by atoms with Crippen molar-refractivity contribution in [2.45, 2.75) is 25.3 Å². The van der Waals surface area contributed by atoms with Gasteiger partial charge in [-0.2, -0.15) is 0 Å². The number of guanidine groups is 1. The molecule has 0 rings (SSSR count). The molecule has 0 bridgehead atoms. The molecule has 0 aromatic heterocycles. The van der Waals surface area contributed by atoms with Crippen LogP contribution in [0.1, 0.15) is 19.8 Å². The number of hydrogen-bond acceptors (Lipinski definition) is 3. The van der Waals surface area contributed by atoms with Crippen LogP contribution in [0.2, 0.25) is 0 Å². The summed E-state index contributed by atoms with van der Waals surface area (Å²) in [7, 11) is 3.16. The minimum absolute atomic E-state index is 0.128. The Morgan fingerprint density at radius 3 is 2.25 bits per heavy atom. The van der Waals surface area contributed by atoms with E-state index in [2.05, 4.69) is 5.32 Å². The predicted molar refractivity (Wildman–Crippen MR) is 61.7 cm³/mol. The summed E-state index contributed by atoms with van der Waals surface area (Å²) in [4.78, 5) is 12.7. The zero-order valence-corrected chi connectivity index (χ0v) is 9.79. The van der Waals surface area contributed by atoms with Crippen LogP contribution in [0.4, 0.5) is 0 Å². The van der Waals surface area contributed by atoms with E-state index in [4.69, 9.17) is 16.6 Å². The predicted octanol–water partition coefficient (Wildman–Crippen LogP) is -0.368. The number of carboxylic acids is 1. The van der Waals surface area contributed by atoms with E-state index in [1.165, 1.54) is 4.90 Å². The van der Waals surface area contributed by atoms with Gasteiger partial charge in [0.05, 0.1) is 0 Å². The summed E-state index contributed by atoms with van der Waals surface area (Å²) in [5.74, 6) is -1.79. The number of hydrogen-bond donors (Lipinski definition) is 5. The Kier molecular flexibility index (Phi) is 4.74. The average Bonchev–Trinajstić information content (AvgIpc) is 2.14. The third-order valence-corrected chi connectivity index (χ3v) is 2.19. The molecule has 1 atom stereocenters. The first-order valence-electron chi connectivity index (χ1n) is 4.90. The second kappa shape index (κ2) is 5.34. The maximum absolute atomic E-state index is 11.3. The summed E-state index contributed by atoms with van der Waals surface area (Å²) >= 11 is 0. The summed E-state index contributed by atoms with van der Waals surface area (Å²) in [5.41, 5.74) is 3.56. The number of likely N-dealkylation sites (N-methyl/N-ethyl adjacent to an activating group) is 1. The highest BCUT2D eigenvalue weighted by molar-refractivity contribution is 6.10. The van der Waals surface area contributed by atoms with Crippen LogP contribution in [0.3, 0.4) is 0 Å². The van der Waals surface area contributed by atoms with Gasteiger partial charge in [0, 0.05) is 14.1 Å². The number of aliphatic carboxylic acids is 1. The molecule has 0 amide bonds. The van der Waals surface area contributed by atoms with Crippen molar-refractivity contribution in [3.8, 4) is 0 Å². The Balaban J connectivity index is 5.32. The van der Waals surface area contributed by atoms with E-state index in [9.17, 15) is 9.90 Å². The Labute approximate surface area is 94.6 Å². The van der Waals surface area contributed by atoms with Gasteiger partial charge in [0.1, 0.15) is 5.84 Å². The number of carbonyl (C=O) groups is 1. The van der Waals surface area contributed by atoms with Crippen molar-refractivity contribution >= 4 is 17.8 Å². The van der Waals surface area contributed by atoms with Crippen LogP contribution in [0, 0.1) is 10.8 Å². The first-order chi connectivity index (χ1) is 7.27. The molecule has 0 saturated heterocycles. The molecule has 7 heteroatoms. The van der Waals surface area contributed by atoms with Crippen molar-refractivity contribution in [1.29, 1.82) is 10.8 Å². The largest absolute Gasteiger partial charge is 0.479 e. The molecule has 16 heavy (non-hydrogen) atoms. The summed E-state index contributed by atoms with van der Waals surface area (Å²) in [6.45, 7) is 1.81. The minimum Gasteiger partial charge on any atom is -0.479 e. The molecular weight excluding hydrogens is 210 g/mol. The molecule has 0 heterocycles. The van der Waals surface area contributed by atoms with Crippen molar-refractivity contribution in [2.24, 2.45) is 5.73 Å². The van der Waals surface area contributed by atoms with E-state index >= 15 is 0 Å². The van der Waals surface area contributed by atoms with E-state index in [0.29, 0.717) is 6.42 Å². The summed E-state index contributed by atoms with van der Waals surface area (Å²) in [5, 5.41) is 26.6. The van der Waals surface area contributed by atoms with Gasteiger partial charge in [-0.05, 0) is 6.42 Å². The molecule has 0 spiro atoms. The van der Waals surface area contributed by atoms with Gasteiger partial charge in [-0.1, -0.05) is 13.3 Å². The van der Waals surface area contributed by atoms with Crippen molar-refractivity contribution in [1.82, 2.24) is 10.2 Å². The van der Waals surface area contributed by atoms with E-state index in [-0.39, 0.29) is 12.3 Å². The number of nitrogens with two attached hydrogens (primary N) is 1. The molecule has 6 N–H and O–H groups in total. The van der Waals surface area contributed by atoms with Crippen molar-refractivity contribution in [2.75, 3.05) is 14.1 Å². The highest BCUT2D eigenvalue weighted by atomic mass is 16.4. The SMILES string of the molecule is CCCC(NC(=N)N)(C(=N)N(C)C)C(=O)O. The Morgan fingerprint density at radius 1 is 1.50 bits per heavy atom. The Morgan fingerprint density at radius 2 is 2.00 bits per heavy atom. The lowest BCUT2D eigenvalue weighted by molar-refractivity contribution is -0.141. The molecule has 0 aromatic carbocycles. The van der Waals surface area contributed by atoms with Gasteiger partial charge in [-0.15, -0.1) is 0 Å². The fourth-order valence-corrected chi connectivity index (χ4v) is 1.49. The minimum atomic E-state index is -1.62. The van der Waals surface area contributed by atoms with Crippen LogP contribution in [-0.2, 0) is 4.79 Å². The lowest BCUT2D eigenvalue weighted by Crippen LogP contribution is -2.64. The molecular formula is C9H19N5O2. The average molecular weight is 229 g/mol. The number of carboxylic acid groups (broad SMARTS) is 1. The smallest absolute Gasteiger partial charge is 0.337 e. The molecule has 0 saturated carbocycles. The first kappa shape index (κ1) is 14.2. The van der Waals surface area contributed by atoms with Crippen LogP contribution in [-0.4, -0.2) is 47.4 Å². The second-order valence-electron chi connectivity index (χ2n) is 3.74. The summed E-state index contributed by atoms with van der Waals surface area (Å²) in [6, 6.07) is 0. The Bertz CT molecular complexity index is 302. The standard InChI is InChI=1S/C9H19N5O2/c1-4-5-9(7(15)16,13-8(11)12)6(10)14(2)3/h10H,4-5H2,1-3H3,(H,15,16)(H4,11,12,13). The normalized spacial score (nSPS) is 13.7. The molecule has 0 fully saturated rings. The fraction of sp³-hybridized carbons (Fsp3) is 0.667. The number of nitrogens with zero attached hydrogens (tertiary/aromatic N) is 1. The number of amidine groups is 1. The zero-order valence-electron chi connectivity index (χ0n) is 9.79. The maximum Gasteiger partial charge on any atom is 0.337 e. The van der Waals surface area contributed by atoms with Gasteiger partial charge < -0.3 is 21.1 Å². The highest BCUT2D eigenvalue weighted by Gasteiger charge is 2.44. The molecule has 0 aliphatic heterocycles. The van der Waals surface area contributed by atoms with Gasteiger partial charge in [0.15, 0.2) is 11.5 Å². The van der Waals surface area contributed by atoms with Gasteiger partial charge in [-0.25, -0.2) is 4.79 Å². The lowest BCUT2D eigenvalue weighted by Gasteiger charge is -2.34. The van der Waals surface area contributed by atoms with Crippen molar-refractivity contribution in [3.63, 3.8) is 0 Å². The van der Waals surface area contributed by atoms with E-state index in [1.807, 2.05) is 6.92 Å². The quantitative estimate of drug-likeness (QED) is 0.325. The maximum atomic E-state index is 11.3. The summed E-state index contributed by atoms with van der Waals surface area (Å²) < 4.78 is 0. The van der Waals surface area contributed by atoms with E-state index in [1.54, 1.807) is 14.1 Å². The molecule has 0 aliphatic rings. The van der Waals surface area contributed by atoms with Crippen LogP contribution in [0.25, 0.3) is 0 Å². The molecule has 7 nitrogen and oxygen atoms in total. The first-order valence-corrected chi connectivity index (χ1v) is 4.90. The number of rotatable bonds is 5. The molecule has 0 aromatic rings. The molecule has 92 valence electrons. The molecule has 0 aliphatic carbocycles. The van der Waals surface area contributed by atoms with Gasteiger partial charge in [0.25, 0.3) is 0 Å². The topological polar surface area (TPSA) is 126 Å². The van der Waals surface area contributed by atoms with E-state index < -0.39 is 17.5 Å². The third kappa shape index (κ3) is 2.85. The Hall–Kier alpha value is -1.79. The zero-order chi connectivity index (χ0) is 12.9. The number of nitrogens with one attached hydrogen (secondary N) is 3. The third-order valence-electron chi connectivity index (χ3n) is 2.19. The van der Waals surface area contributed by atoms with Crippen LogP contribution in [0.15, 0.2) is 0 Å². The van der Waals surface area contributed by atoms with Crippen molar-refractivity contribution < 1.29 is 9.90 Å². The van der Waals surface area contributed by atoms with E-state index in [0.717, 1.165) is 0 Å². The van der Waals surface area contributed by atoms with Crippen LogP contribution in [0.5, 0.6) is 0 Å². The second-order valence-corrected chi connectivity index (χ2v) is 3.74.